The van der Waals surface area contributed by atoms with Crippen LogP contribution in [0.15, 0.2) is 42.5 Å². The summed E-state index contributed by atoms with van der Waals surface area (Å²) in [6, 6.07) is 12.9. The van der Waals surface area contributed by atoms with Gasteiger partial charge in [-0.1, -0.05) is 59.1 Å². The molecule has 0 aliphatic carbocycles. The van der Waals surface area contributed by atoms with E-state index < -0.39 is 11.9 Å². The Balaban J connectivity index is 2.36. The largest absolute Gasteiger partial charge is 0.370 e. The predicted molar refractivity (Wildman–Crippen MR) is 94.1 cm³/mol. The molecule has 0 heterocycles. The van der Waals surface area contributed by atoms with Crippen molar-refractivity contribution in [1.82, 2.24) is 5.32 Å². The summed E-state index contributed by atoms with van der Waals surface area (Å²) < 4.78 is 0. The maximum absolute atomic E-state index is 12.4. The van der Waals surface area contributed by atoms with Gasteiger partial charge in [0.1, 0.15) is 0 Å². The third-order valence-corrected chi connectivity index (χ3v) is 4.04. The lowest BCUT2D eigenvalue weighted by atomic mass is 9.91. The summed E-state index contributed by atoms with van der Waals surface area (Å²) in [6.07, 6.45) is 0.445. The Labute approximate surface area is 145 Å². The molecule has 2 aromatic rings. The molecule has 6 heteroatoms. The smallest absolute Gasteiger partial charge is 0.234 e. The van der Waals surface area contributed by atoms with Gasteiger partial charge < -0.3 is 5.73 Å². The number of hydrogen-bond donors (Lipinski definition) is 3. The number of carbonyl (C=O) groups excluding carboxylic acids is 1. The number of guanidine groups is 1. The molecule has 0 saturated carbocycles. The quantitative estimate of drug-likeness (QED) is 0.581. The number of carbonyl (C=O) groups is 1. The van der Waals surface area contributed by atoms with Crippen molar-refractivity contribution < 1.29 is 4.79 Å². The number of halogens is 2. The van der Waals surface area contributed by atoms with E-state index in [2.05, 4.69) is 5.32 Å². The van der Waals surface area contributed by atoms with Gasteiger partial charge in [0.25, 0.3) is 0 Å². The standard InChI is InChI=1S/C17H17Cl2N3O/c1-10-2-4-11(5-3-10)8-14(16(23)22-17(20)21)13-7-6-12(18)9-15(13)19/h2-7,9,14H,8H2,1H3,(H4,20,21,22,23)/t14-/m1/s1. The molecule has 23 heavy (non-hydrogen) atoms. The zero-order valence-corrected chi connectivity index (χ0v) is 14.1. The lowest BCUT2D eigenvalue weighted by molar-refractivity contribution is -0.121. The molecule has 0 bridgehead atoms. The van der Waals surface area contributed by atoms with Gasteiger partial charge in [-0.2, -0.15) is 0 Å². The van der Waals surface area contributed by atoms with E-state index in [1.807, 2.05) is 31.2 Å². The molecule has 120 valence electrons. The molecular formula is C17H17Cl2N3O. The van der Waals surface area contributed by atoms with Gasteiger partial charge in [-0.25, -0.2) is 0 Å². The van der Waals surface area contributed by atoms with Crippen LogP contribution in [0.1, 0.15) is 22.6 Å². The van der Waals surface area contributed by atoms with E-state index in [0.29, 0.717) is 22.0 Å². The number of nitrogens with one attached hydrogen (secondary N) is 2. The van der Waals surface area contributed by atoms with Crippen LogP contribution in [-0.4, -0.2) is 11.9 Å². The van der Waals surface area contributed by atoms with E-state index in [0.717, 1.165) is 11.1 Å². The Morgan fingerprint density at radius 1 is 1.22 bits per heavy atom. The first-order chi connectivity index (χ1) is 10.9. The normalized spacial score (nSPS) is 11.8. The lowest BCUT2D eigenvalue weighted by Gasteiger charge is -2.18. The fourth-order valence-corrected chi connectivity index (χ4v) is 2.85. The fraction of sp³-hybridized carbons (Fsp3) is 0.176. The van der Waals surface area contributed by atoms with Crippen molar-refractivity contribution in [2.45, 2.75) is 19.3 Å². The van der Waals surface area contributed by atoms with E-state index in [1.165, 1.54) is 0 Å². The molecule has 0 fully saturated rings. The molecule has 4 N–H and O–H groups in total. The Bertz CT molecular complexity index is 729. The summed E-state index contributed by atoms with van der Waals surface area (Å²) >= 11 is 12.2. The van der Waals surface area contributed by atoms with E-state index in [1.54, 1.807) is 18.2 Å². The highest BCUT2D eigenvalue weighted by molar-refractivity contribution is 6.35. The van der Waals surface area contributed by atoms with Crippen molar-refractivity contribution in [2.75, 3.05) is 0 Å². The van der Waals surface area contributed by atoms with Gasteiger partial charge in [-0.15, -0.1) is 0 Å². The molecule has 2 rings (SSSR count). The van der Waals surface area contributed by atoms with Gasteiger partial charge in [0.05, 0.1) is 5.92 Å². The van der Waals surface area contributed by atoms with Gasteiger partial charge in [-0.3, -0.25) is 15.5 Å². The second kappa shape index (κ2) is 7.49. The second-order valence-electron chi connectivity index (χ2n) is 5.31. The van der Waals surface area contributed by atoms with E-state index in [4.69, 9.17) is 34.3 Å². The summed E-state index contributed by atoms with van der Waals surface area (Å²) in [6.45, 7) is 2.00. The first-order valence-electron chi connectivity index (χ1n) is 7.02. The number of benzene rings is 2. The minimum atomic E-state index is -0.564. The highest BCUT2D eigenvalue weighted by Gasteiger charge is 2.24. The molecule has 0 spiro atoms. The highest BCUT2D eigenvalue weighted by Crippen LogP contribution is 2.30. The summed E-state index contributed by atoms with van der Waals surface area (Å²) in [5, 5.41) is 10.5. The Kier molecular flexibility index (Phi) is 5.64. The van der Waals surface area contributed by atoms with Crippen LogP contribution in [-0.2, 0) is 11.2 Å². The van der Waals surface area contributed by atoms with Crippen LogP contribution < -0.4 is 11.1 Å². The summed E-state index contributed by atoms with van der Waals surface area (Å²) in [7, 11) is 0. The van der Waals surface area contributed by atoms with Crippen molar-refractivity contribution in [1.29, 1.82) is 5.41 Å². The molecule has 0 saturated heterocycles. The van der Waals surface area contributed by atoms with Gasteiger partial charge in [0.15, 0.2) is 5.96 Å². The molecule has 0 unspecified atom stereocenters. The van der Waals surface area contributed by atoms with Crippen molar-refractivity contribution in [2.24, 2.45) is 5.73 Å². The van der Waals surface area contributed by atoms with Crippen LogP contribution in [0.2, 0.25) is 10.0 Å². The third kappa shape index (κ3) is 4.71. The number of nitrogens with two attached hydrogens (primary N) is 1. The summed E-state index contributed by atoms with van der Waals surface area (Å²) in [4.78, 5) is 12.4. The van der Waals surface area contributed by atoms with Crippen LogP contribution in [0.5, 0.6) is 0 Å². The topological polar surface area (TPSA) is 79.0 Å². The zero-order chi connectivity index (χ0) is 17.0. The monoisotopic (exact) mass is 349 g/mol. The maximum atomic E-state index is 12.4. The van der Waals surface area contributed by atoms with E-state index >= 15 is 0 Å². The third-order valence-electron chi connectivity index (χ3n) is 3.47. The molecule has 1 amide bonds. The molecule has 1 atom stereocenters. The van der Waals surface area contributed by atoms with Crippen LogP contribution in [0.25, 0.3) is 0 Å². The predicted octanol–water partition coefficient (Wildman–Crippen LogP) is 3.64. The van der Waals surface area contributed by atoms with Crippen molar-refractivity contribution >= 4 is 35.1 Å². The first kappa shape index (κ1) is 17.3. The molecule has 0 aromatic heterocycles. The SMILES string of the molecule is Cc1ccc(C[C@@H](C(=O)NC(=N)N)c2ccc(Cl)cc2Cl)cc1. The Morgan fingerprint density at radius 2 is 1.87 bits per heavy atom. The maximum Gasteiger partial charge on any atom is 0.234 e. The Hall–Kier alpha value is -2.04. The number of amides is 1. The lowest BCUT2D eigenvalue weighted by Crippen LogP contribution is -2.39. The van der Waals surface area contributed by atoms with Gasteiger partial charge in [0.2, 0.25) is 5.91 Å². The number of aryl methyl sites for hydroxylation is 1. The molecule has 0 aliphatic rings. The minimum Gasteiger partial charge on any atom is -0.370 e. The average molecular weight is 350 g/mol. The van der Waals surface area contributed by atoms with E-state index in [-0.39, 0.29) is 5.91 Å². The van der Waals surface area contributed by atoms with E-state index in [9.17, 15) is 4.79 Å². The zero-order valence-electron chi connectivity index (χ0n) is 12.6. The minimum absolute atomic E-state index is 0.373. The van der Waals surface area contributed by atoms with Crippen molar-refractivity contribution in [3.8, 4) is 0 Å². The second-order valence-corrected chi connectivity index (χ2v) is 6.15. The molecule has 2 aromatic carbocycles. The van der Waals surface area contributed by atoms with Crippen LogP contribution in [0, 0.1) is 12.3 Å². The van der Waals surface area contributed by atoms with Gasteiger partial charge in [0, 0.05) is 10.0 Å². The van der Waals surface area contributed by atoms with Gasteiger partial charge >= 0.3 is 0 Å². The average Bonchev–Trinajstić information content (AvgIpc) is 2.46. The number of hydrogen-bond acceptors (Lipinski definition) is 2. The first-order valence-corrected chi connectivity index (χ1v) is 7.78. The summed E-state index contributed by atoms with van der Waals surface area (Å²) in [5.41, 5.74) is 8.06. The van der Waals surface area contributed by atoms with Crippen molar-refractivity contribution in [3.05, 3.63) is 69.2 Å². The van der Waals surface area contributed by atoms with Crippen molar-refractivity contribution in [3.63, 3.8) is 0 Å². The highest BCUT2D eigenvalue weighted by atomic mass is 35.5. The van der Waals surface area contributed by atoms with Crippen LogP contribution in [0.3, 0.4) is 0 Å². The molecular weight excluding hydrogens is 333 g/mol. The number of rotatable bonds is 4. The van der Waals surface area contributed by atoms with Gasteiger partial charge in [-0.05, 0) is 36.6 Å². The Morgan fingerprint density at radius 3 is 2.43 bits per heavy atom. The summed E-state index contributed by atoms with van der Waals surface area (Å²) in [5.74, 6) is -1.33. The van der Waals surface area contributed by atoms with Crippen LogP contribution >= 0.6 is 23.2 Å². The van der Waals surface area contributed by atoms with Crippen LogP contribution in [0.4, 0.5) is 0 Å². The fourth-order valence-electron chi connectivity index (χ4n) is 2.31. The molecule has 0 aliphatic heterocycles. The molecule has 0 radical (unpaired) electrons. The molecule has 4 nitrogen and oxygen atoms in total.